The maximum Gasteiger partial charge on any atom is 0.145 e. The molecule has 2 rings (SSSR count). The van der Waals surface area contributed by atoms with Gasteiger partial charge in [-0.15, -0.1) is 11.3 Å². The van der Waals surface area contributed by atoms with Gasteiger partial charge in [0.25, 0.3) is 0 Å². The van der Waals surface area contributed by atoms with E-state index >= 15 is 0 Å². The van der Waals surface area contributed by atoms with Gasteiger partial charge in [0, 0.05) is 23.3 Å². The Morgan fingerprint density at radius 1 is 1.33 bits per heavy atom. The summed E-state index contributed by atoms with van der Waals surface area (Å²) in [5.74, 6) is -0.371. The van der Waals surface area contributed by atoms with Crippen molar-refractivity contribution in [3.8, 4) is 0 Å². The quantitative estimate of drug-likeness (QED) is 0.907. The zero-order valence-electron chi connectivity index (χ0n) is 12.5. The van der Waals surface area contributed by atoms with Crippen molar-refractivity contribution in [3.63, 3.8) is 0 Å². The van der Waals surface area contributed by atoms with E-state index in [9.17, 15) is 4.39 Å². The molecule has 0 aliphatic carbocycles. The Bertz CT molecular complexity index is 619. The molecular weight excluding hydrogens is 307 g/mol. The summed E-state index contributed by atoms with van der Waals surface area (Å²) in [6.45, 7) is 6.40. The molecule has 2 aromatic rings. The van der Waals surface area contributed by atoms with Gasteiger partial charge in [-0.1, -0.05) is 44.5 Å². The van der Waals surface area contributed by atoms with Crippen LogP contribution in [0.15, 0.2) is 23.6 Å². The first-order chi connectivity index (χ1) is 9.77. The van der Waals surface area contributed by atoms with Crippen molar-refractivity contribution < 1.29 is 4.39 Å². The minimum Gasteiger partial charge on any atom is -0.327 e. The number of benzene rings is 1. The van der Waals surface area contributed by atoms with Crippen LogP contribution in [0.25, 0.3) is 0 Å². The molecular formula is C16H20ClFN2S. The van der Waals surface area contributed by atoms with E-state index in [1.54, 1.807) is 29.5 Å². The number of halogens is 2. The molecule has 0 bridgehead atoms. The third kappa shape index (κ3) is 4.25. The van der Waals surface area contributed by atoms with Gasteiger partial charge < -0.3 is 5.73 Å². The Labute approximate surface area is 134 Å². The molecule has 0 saturated carbocycles. The van der Waals surface area contributed by atoms with E-state index in [2.05, 4.69) is 31.1 Å². The average molecular weight is 327 g/mol. The van der Waals surface area contributed by atoms with Crippen molar-refractivity contribution in [3.05, 3.63) is 50.7 Å². The van der Waals surface area contributed by atoms with Crippen LogP contribution < -0.4 is 5.73 Å². The Morgan fingerprint density at radius 2 is 2.05 bits per heavy atom. The predicted octanol–water partition coefficient (Wildman–Crippen LogP) is 4.35. The molecule has 0 fully saturated rings. The number of rotatable bonds is 4. The van der Waals surface area contributed by atoms with Crippen LogP contribution in [0.3, 0.4) is 0 Å². The molecule has 21 heavy (non-hydrogen) atoms. The number of thiazole rings is 1. The second-order valence-electron chi connectivity index (χ2n) is 6.26. The average Bonchev–Trinajstić information content (AvgIpc) is 2.83. The lowest BCUT2D eigenvalue weighted by molar-refractivity contribution is 0.564. The number of hydrogen-bond donors (Lipinski definition) is 1. The van der Waals surface area contributed by atoms with Crippen molar-refractivity contribution >= 4 is 22.9 Å². The first kappa shape index (κ1) is 16.4. The third-order valence-electron chi connectivity index (χ3n) is 3.27. The van der Waals surface area contributed by atoms with Crippen LogP contribution in [0, 0.1) is 5.82 Å². The van der Waals surface area contributed by atoms with Crippen LogP contribution in [-0.2, 0) is 18.3 Å². The van der Waals surface area contributed by atoms with E-state index in [0.29, 0.717) is 18.4 Å². The monoisotopic (exact) mass is 326 g/mol. The molecule has 1 heterocycles. The van der Waals surface area contributed by atoms with Gasteiger partial charge in [-0.05, 0) is 18.1 Å². The minimum atomic E-state index is -0.371. The zero-order valence-corrected chi connectivity index (χ0v) is 14.1. The van der Waals surface area contributed by atoms with Gasteiger partial charge in [-0.2, -0.15) is 0 Å². The highest BCUT2D eigenvalue weighted by Gasteiger charge is 2.19. The lowest BCUT2D eigenvalue weighted by atomic mass is 9.93. The largest absolute Gasteiger partial charge is 0.327 e. The molecule has 1 aromatic carbocycles. The van der Waals surface area contributed by atoms with Crippen LogP contribution in [0.2, 0.25) is 5.02 Å². The number of hydrogen-bond acceptors (Lipinski definition) is 3. The van der Waals surface area contributed by atoms with Gasteiger partial charge in [0.2, 0.25) is 0 Å². The van der Waals surface area contributed by atoms with Gasteiger partial charge in [-0.25, -0.2) is 9.37 Å². The predicted molar refractivity (Wildman–Crippen MR) is 87.6 cm³/mol. The highest BCUT2D eigenvalue weighted by Crippen LogP contribution is 2.25. The summed E-state index contributed by atoms with van der Waals surface area (Å²) in [6, 6.07) is 4.84. The molecule has 0 spiro atoms. The SMILES string of the molecule is CC(C)(C)c1csc(CC(N)Cc2cccc(Cl)c2F)n1. The molecule has 5 heteroatoms. The van der Waals surface area contributed by atoms with E-state index in [4.69, 9.17) is 17.3 Å². The number of aromatic nitrogens is 1. The minimum absolute atomic E-state index is 0.0396. The number of nitrogens with two attached hydrogens (primary N) is 1. The number of nitrogens with zero attached hydrogens (tertiary/aromatic N) is 1. The van der Waals surface area contributed by atoms with Gasteiger partial charge in [0.1, 0.15) is 5.82 Å². The highest BCUT2D eigenvalue weighted by molar-refractivity contribution is 7.09. The summed E-state index contributed by atoms with van der Waals surface area (Å²) in [6.07, 6.45) is 1.10. The Morgan fingerprint density at radius 3 is 2.67 bits per heavy atom. The third-order valence-corrected chi connectivity index (χ3v) is 4.43. The summed E-state index contributed by atoms with van der Waals surface area (Å²) in [4.78, 5) is 4.62. The Balaban J connectivity index is 2.03. The molecule has 0 aliphatic rings. The summed E-state index contributed by atoms with van der Waals surface area (Å²) in [5.41, 5.74) is 7.80. The van der Waals surface area contributed by atoms with E-state index in [-0.39, 0.29) is 22.3 Å². The van der Waals surface area contributed by atoms with Crippen molar-refractivity contribution in [1.29, 1.82) is 0 Å². The van der Waals surface area contributed by atoms with Crippen LogP contribution >= 0.6 is 22.9 Å². The van der Waals surface area contributed by atoms with Crippen LogP contribution in [-0.4, -0.2) is 11.0 Å². The summed E-state index contributed by atoms with van der Waals surface area (Å²) >= 11 is 7.40. The van der Waals surface area contributed by atoms with Gasteiger partial charge in [0.05, 0.1) is 15.7 Å². The summed E-state index contributed by atoms with van der Waals surface area (Å²) in [5, 5.41) is 3.21. The van der Waals surface area contributed by atoms with Gasteiger partial charge in [0.15, 0.2) is 0 Å². The molecule has 0 saturated heterocycles. The van der Waals surface area contributed by atoms with Crippen molar-refractivity contribution in [2.45, 2.75) is 45.1 Å². The normalized spacial score (nSPS) is 13.4. The molecule has 0 radical (unpaired) electrons. The van der Waals surface area contributed by atoms with Crippen molar-refractivity contribution in [2.75, 3.05) is 0 Å². The molecule has 2 N–H and O–H groups in total. The standard InChI is InChI=1S/C16H20ClFN2S/c1-16(2,3)13-9-21-14(20-13)8-11(19)7-10-5-4-6-12(17)15(10)18/h4-6,9,11H,7-8,19H2,1-3H3. The fourth-order valence-corrected chi connectivity index (χ4v) is 3.34. The lowest BCUT2D eigenvalue weighted by Crippen LogP contribution is -2.26. The zero-order chi connectivity index (χ0) is 15.6. The van der Waals surface area contributed by atoms with E-state index in [1.807, 2.05) is 0 Å². The first-order valence-corrected chi connectivity index (χ1v) is 8.16. The van der Waals surface area contributed by atoms with Gasteiger partial charge >= 0.3 is 0 Å². The van der Waals surface area contributed by atoms with E-state index < -0.39 is 0 Å². The molecule has 114 valence electrons. The smallest absolute Gasteiger partial charge is 0.145 e. The molecule has 0 aliphatic heterocycles. The lowest BCUT2D eigenvalue weighted by Gasteiger charge is -2.14. The molecule has 2 nitrogen and oxygen atoms in total. The Kier molecular flexibility index (Phi) is 5.02. The molecule has 1 aromatic heterocycles. The maximum atomic E-state index is 13.9. The van der Waals surface area contributed by atoms with Crippen molar-refractivity contribution in [2.24, 2.45) is 5.73 Å². The topological polar surface area (TPSA) is 38.9 Å². The molecule has 1 unspecified atom stereocenters. The molecule has 1 atom stereocenters. The van der Waals surface area contributed by atoms with E-state index in [0.717, 1.165) is 10.7 Å². The fraction of sp³-hybridized carbons (Fsp3) is 0.438. The maximum absolute atomic E-state index is 13.9. The summed E-state index contributed by atoms with van der Waals surface area (Å²) in [7, 11) is 0. The van der Waals surface area contributed by atoms with Crippen LogP contribution in [0.4, 0.5) is 4.39 Å². The van der Waals surface area contributed by atoms with E-state index in [1.165, 1.54) is 0 Å². The van der Waals surface area contributed by atoms with Crippen LogP contribution in [0.1, 0.15) is 37.0 Å². The Hall–Kier alpha value is -0.970. The first-order valence-electron chi connectivity index (χ1n) is 6.90. The van der Waals surface area contributed by atoms with Crippen molar-refractivity contribution in [1.82, 2.24) is 4.98 Å². The summed E-state index contributed by atoms with van der Waals surface area (Å²) < 4.78 is 13.9. The second-order valence-corrected chi connectivity index (χ2v) is 7.61. The van der Waals surface area contributed by atoms with Crippen LogP contribution in [0.5, 0.6) is 0 Å². The van der Waals surface area contributed by atoms with Gasteiger partial charge in [-0.3, -0.25) is 0 Å². The fourth-order valence-electron chi connectivity index (χ4n) is 2.03. The second kappa shape index (κ2) is 6.42. The molecule has 0 amide bonds. The highest BCUT2D eigenvalue weighted by atomic mass is 35.5.